The maximum atomic E-state index is 5.91. The minimum Gasteiger partial charge on any atom is -0.489 e. The largest absolute Gasteiger partial charge is 0.489 e. The van der Waals surface area contributed by atoms with E-state index in [0.29, 0.717) is 13.2 Å². The first kappa shape index (κ1) is 14.2. The summed E-state index contributed by atoms with van der Waals surface area (Å²) in [6.07, 6.45) is 0. The maximum absolute atomic E-state index is 5.91. The summed E-state index contributed by atoms with van der Waals surface area (Å²) in [6.45, 7) is 7.84. The first-order valence-electron chi connectivity index (χ1n) is 6.99. The fourth-order valence-electron chi connectivity index (χ4n) is 2.39. The lowest BCUT2D eigenvalue weighted by molar-refractivity contribution is 0.353. The molecule has 0 saturated carbocycles. The van der Waals surface area contributed by atoms with Crippen molar-refractivity contribution in [3.8, 4) is 17.0 Å². The Kier molecular flexibility index (Phi) is 4.03. The zero-order valence-corrected chi connectivity index (χ0v) is 12.9. The Hall–Kier alpha value is -1.72. The minimum absolute atomic E-state index is 0.511. The van der Waals surface area contributed by atoms with Crippen molar-refractivity contribution in [1.29, 1.82) is 0 Å². The van der Waals surface area contributed by atoms with E-state index >= 15 is 0 Å². The molecular formula is C16H19N3OS. The number of imidazole rings is 1. The summed E-state index contributed by atoms with van der Waals surface area (Å²) in [7, 11) is 0. The molecule has 1 aromatic heterocycles. The molecule has 4 nitrogen and oxygen atoms in total. The molecule has 3 rings (SSSR count). The summed E-state index contributed by atoms with van der Waals surface area (Å²) < 4.78 is 7.85. The van der Waals surface area contributed by atoms with Crippen LogP contribution < -0.4 is 10.5 Å². The van der Waals surface area contributed by atoms with Crippen LogP contribution in [-0.2, 0) is 13.1 Å². The molecule has 0 amide bonds. The minimum atomic E-state index is 0.511. The molecular weight excluding hydrogens is 282 g/mol. The second-order valence-corrected chi connectivity index (χ2v) is 6.23. The summed E-state index contributed by atoms with van der Waals surface area (Å²) in [6, 6.07) is 8.01. The summed E-state index contributed by atoms with van der Waals surface area (Å²) in [5, 5.41) is 1.08. The molecule has 0 radical (unpaired) electrons. The Morgan fingerprint density at radius 2 is 2.19 bits per heavy atom. The molecule has 2 heterocycles. The van der Waals surface area contributed by atoms with Crippen molar-refractivity contribution in [3.05, 3.63) is 42.1 Å². The van der Waals surface area contributed by atoms with Crippen molar-refractivity contribution in [1.82, 2.24) is 9.55 Å². The van der Waals surface area contributed by atoms with Crippen LogP contribution in [0.4, 0.5) is 0 Å². The highest BCUT2D eigenvalue weighted by molar-refractivity contribution is 7.99. The quantitative estimate of drug-likeness (QED) is 0.862. The van der Waals surface area contributed by atoms with Gasteiger partial charge in [0, 0.05) is 24.4 Å². The van der Waals surface area contributed by atoms with Crippen LogP contribution in [0.15, 0.2) is 41.6 Å². The number of rotatable bonds is 5. The molecule has 2 aromatic rings. The van der Waals surface area contributed by atoms with Crippen molar-refractivity contribution in [2.75, 3.05) is 12.4 Å². The topological polar surface area (TPSA) is 53.1 Å². The summed E-state index contributed by atoms with van der Waals surface area (Å²) in [4.78, 5) is 4.73. The average Bonchev–Trinajstić information content (AvgIpc) is 3.05. The molecule has 5 heteroatoms. The van der Waals surface area contributed by atoms with E-state index in [4.69, 9.17) is 15.5 Å². The number of ether oxygens (including phenoxy) is 1. The van der Waals surface area contributed by atoms with E-state index in [1.165, 1.54) is 0 Å². The van der Waals surface area contributed by atoms with Crippen molar-refractivity contribution in [3.63, 3.8) is 0 Å². The number of fused-ring (bicyclic) bond motifs is 1. The number of thioether (sulfide) groups is 1. The number of hydrogen-bond acceptors (Lipinski definition) is 4. The van der Waals surface area contributed by atoms with Gasteiger partial charge in [-0.1, -0.05) is 18.3 Å². The van der Waals surface area contributed by atoms with E-state index in [0.717, 1.165) is 45.7 Å². The van der Waals surface area contributed by atoms with Crippen LogP contribution >= 0.6 is 11.8 Å². The van der Waals surface area contributed by atoms with Crippen molar-refractivity contribution < 1.29 is 4.74 Å². The van der Waals surface area contributed by atoms with Gasteiger partial charge in [0.25, 0.3) is 0 Å². The predicted molar refractivity (Wildman–Crippen MR) is 86.6 cm³/mol. The molecule has 0 saturated heterocycles. The average molecular weight is 301 g/mol. The molecule has 2 N–H and O–H groups in total. The third-order valence-electron chi connectivity index (χ3n) is 3.39. The summed E-state index contributed by atoms with van der Waals surface area (Å²) in [5.74, 6) is 1.93. The van der Waals surface area contributed by atoms with Crippen molar-refractivity contribution in [2.24, 2.45) is 5.73 Å². The maximum Gasteiger partial charge on any atom is 0.168 e. The zero-order chi connectivity index (χ0) is 14.8. The van der Waals surface area contributed by atoms with Crippen LogP contribution in [0.1, 0.15) is 12.6 Å². The van der Waals surface area contributed by atoms with Gasteiger partial charge in [-0.15, -0.1) is 0 Å². The van der Waals surface area contributed by atoms with Gasteiger partial charge in [0.1, 0.15) is 12.4 Å². The highest BCUT2D eigenvalue weighted by Gasteiger charge is 2.21. The zero-order valence-electron chi connectivity index (χ0n) is 12.1. The van der Waals surface area contributed by atoms with Crippen LogP contribution in [0.2, 0.25) is 0 Å². The SMILES string of the molecule is C=C(C)COc1ccc(-c2nc3n(c2CN)CCS3)cc1. The van der Waals surface area contributed by atoms with Gasteiger partial charge in [0.05, 0.1) is 11.4 Å². The number of nitrogens with two attached hydrogens (primary N) is 1. The first-order chi connectivity index (χ1) is 10.2. The van der Waals surface area contributed by atoms with E-state index < -0.39 is 0 Å². The van der Waals surface area contributed by atoms with Gasteiger partial charge in [-0.25, -0.2) is 4.98 Å². The Morgan fingerprint density at radius 1 is 1.43 bits per heavy atom. The fourth-order valence-corrected chi connectivity index (χ4v) is 3.36. The molecule has 1 aromatic carbocycles. The number of nitrogens with zero attached hydrogens (tertiary/aromatic N) is 2. The predicted octanol–water partition coefficient (Wildman–Crippen LogP) is 3.07. The molecule has 0 spiro atoms. The number of aromatic nitrogens is 2. The lowest BCUT2D eigenvalue weighted by atomic mass is 10.1. The lowest BCUT2D eigenvalue weighted by Gasteiger charge is -2.08. The molecule has 0 aliphatic carbocycles. The van der Waals surface area contributed by atoms with E-state index in [1.807, 2.05) is 31.2 Å². The Balaban J connectivity index is 1.86. The van der Waals surface area contributed by atoms with Gasteiger partial charge in [-0.05, 0) is 36.8 Å². The normalized spacial score (nSPS) is 13.2. The number of benzene rings is 1. The molecule has 21 heavy (non-hydrogen) atoms. The molecule has 110 valence electrons. The van der Waals surface area contributed by atoms with E-state index in [9.17, 15) is 0 Å². The Morgan fingerprint density at radius 3 is 2.86 bits per heavy atom. The van der Waals surface area contributed by atoms with Gasteiger partial charge in [0.2, 0.25) is 0 Å². The highest BCUT2D eigenvalue weighted by atomic mass is 32.2. The van der Waals surface area contributed by atoms with Crippen LogP contribution in [0.3, 0.4) is 0 Å². The van der Waals surface area contributed by atoms with Gasteiger partial charge in [-0.2, -0.15) is 0 Å². The third kappa shape index (κ3) is 2.84. The molecule has 0 unspecified atom stereocenters. The van der Waals surface area contributed by atoms with Gasteiger partial charge in [0.15, 0.2) is 5.16 Å². The van der Waals surface area contributed by atoms with E-state index in [-0.39, 0.29) is 0 Å². The van der Waals surface area contributed by atoms with E-state index in [1.54, 1.807) is 11.8 Å². The van der Waals surface area contributed by atoms with Crippen molar-refractivity contribution in [2.45, 2.75) is 25.2 Å². The fraction of sp³-hybridized carbons (Fsp3) is 0.312. The van der Waals surface area contributed by atoms with Crippen LogP contribution in [0.5, 0.6) is 5.75 Å². The lowest BCUT2D eigenvalue weighted by Crippen LogP contribution is -2.07. The Labute approximate surface area is 129 Å². The Bertz CT molecular complexity index is 661. The van der Waals surface area contributed by atoms with Crippen molar-refractivity contribution >= 4 is 11.8 Å². The molecule has 1 aliphatic rings. The highest BCUT2D eigenvalue weighted by Crippen LogP contribution is 2.33. The second-order valence-electron chi connectivity index (χ2n) is 5.16. The number of hydrogen-bond donors (Lipinski definition) is 1. The van der Waals surface area contributed by atoms with Crippen LogP contribution in [0, 0.1) is 0 Å². The second kappa shape index (κ2) is 5.95. The van der Waals surface area contributed by atoms with Gasteiger partial charge >= 0.3 is 0 Å². The summed E-state index contributed by atoms with van der Waals surface area (Å²) >= 11 is 1.79. The van der Waals surface area contributed by atoms with Crippen LogP contribution in [0.25, 0.3) is 11.3 Å². The van der Waals surface area contributed by atoms with E-state index in [2.05, 4.69) is 11.1 Å². The van der Waals surface area contributed by atoms with Gasteiger partial charge < -0.3 is 15.0 Å². The first-order valence-corrected chi connectivity index (χ1v) is 7.97. The smallest absolute Gasteiger partial charge is 0.168 e. The molecule has 0 atom stereocenters. The molecule has 0 bridgehead atoms. The monoisotopic (exact) mass is 301 g/mol. The van der Waals surface area contributed by atoms with Crippen LogP contribution in [-0.4, -0.2) is 21.9 Å². The molecule has 0 fully saturated rings. The third-order valence-corrected chi connectivity index (χ3v) is 4.35. The molecule has 1 aliphatic heterocycles. The van der Waals surface area contributed by atoms with Gasteiger partial charge in [-0.3, -0.25) is 0 Å². The standard InChI is InChI=1S/C16H19N3OS/c1-11(2)10-20-13-5-3-12(4-6-13)15-14(9-17)19-7-8-21-16(19)18-15/h3-6H,1,7-10,17H2,2H3. The summed E-state index contributed by atoms with van der Waals surface area (Å²) in [5.41, 5.74) is 10.1.